The van der Waals surface area contributed by atoms with E-state index >= 15 is 0 Å². The molecule has 1 aliphatic carbocycles. The molecule has 0 spiro atoms. The summed E-state index contributed by atoms with van der Waals surface area (Å²) in [6.45, 7) is 1.09. The molecule has 3 heteroatoms. The van der Waals surface area contributed by atoms with Gasteiger partial charge in [-0.15, -0.1) is 0 Å². The fourth-order valence-corrected chi connectivity index (χ4v) is 1.67. The molecule has 2 unspecified atom stereocenters. The molecule has 1 rings (SSSR count). The van der Waals surface area contributed by atoms with Gasteiger partial charge >= 0.3 is 0 Å². The summed E-state index contributed by atoms with van der Waals surface area (Å²) in [7, 11) is 0. The zero-order chi connectivity index (χ0) is 8.10. The van der Waals surface area contributed by atoms with Gasteiger partial charge in [-0.05, 0) is 25.3 Å². The van der Waals surface area contributed by atoms with E-state index < -0.39 is 0 Å². The van der Waals surface area contributed by atoms with Gasteiger partial charge in [-0.25, -0.2) is 4.39 Å². The second-order valence-corrected chi connectivity index (χ2v) is 3.25. The van der Waals surface area contributed by atoms with E-state index in [9.17, 15) is 4.39 Å². The third-order valence-electron chi connectivity index (χ3n) is 2.40. The van der Waals surface area contributed by atoms with Crippen molar-refractivity contribution in [2.45, 2.75) is 25.3 Å². The maximum Gasteiger partial charge on any atom is 0.102 e. The Morgan fingerprint density at radius 2 is 2.27 bits per heavy atom. The second-order valence-electron chi connectivity index (χ2n) is 3.25. The van der Waals surface area contributed by atoms with Crippen LogP contribution in [0.25, 0.3) is 0 Å². The lowest BCUT2D eigenvalue weighted by molar-refractivity contribution is 0.410. The number of alkyl halides is 1. The quantitative estimate of drug-likeness (QED) is 0.593. The summed E-state index contributed by atoms with van der Waals surface area (Å²) < 4.78 is 11.7. The van der Waals surface area contributed by atoms with Crippen LogP contribution in [0.4, 0.5) is 4.39 Å². The normalized spacial score (nSPS) is 31.1. The molecule has 2 nitrogen and oxygen atoms in total. The minimum absolute atomic E-state index is 0.276. The molecule has 0 amide bonds. The van der Waals surface area contributed by atoms with Crippen LogP contribution < -0.4 is 11.1 Å². The standard InChI is InChI=1S/C8H17FN2/c9-4-5-11-6-7-2-1-3-8(7)10/h7-8,11H,1-6,10H2. The van der Waals surface area contributed by atoms with Gasteiger partial charge in [-0.3, -0.25) is 0 Å². The lowest BCUT2D eigenvalue weighted by atomic mass is 10.1. The van der Waals surface area contributed by atoms with Crippen molar-refractivity contribution in [2.24, 2.45) is 11.7 Å². The van der Waals surface area contributed by atoms with Crippen LogP contribution >= 0.6 is 0 Å². The van der Waals surface area contributed by atoms with Crippen LogP contribution in [0, 0.1) is 5.92 Å². The van der Waals surface area contributed by atoms with E-state index in [1.54, 1.807) is 0 Å². The monoisotopic (exact) mass is 160 g/mol. The summed E-state index contributed by atoms with van der Waals surface area (Å²) in [5.74, 6) is 0.585. The number of hydrogen-bond donors (Lipinski definition) is 2. The molecule has 0 aliphatic heterocycles. The van der Waals surface area contributed by atoms with Crippen molar-refractivity contribution in [1.82, 2.24) is 5.32 Å². The van der Waals surface area contributed by atoms with Crippen LogP contribution in [0.2, 0.25) is 0 Å². The van der Waals surface area contributed by atoms with E-state index in [1.807, 2.05) is 0 Å². The highest BCUT2D eigenvalue weighted by atomic mass is 19.1. The molecule has 1 fully saturated rings. The van der Waals surface area contributed by atoms with Crippen molar-refractivity contribution in [2.75, 3.05) is 19.8 Å². The first-order valence-electron chi connectivity index (χ1n) is 4.37. The lowest BCUT2D eigenvalue weighted by Gasteiger charge is -2.14. The third-order valence-corrected chi connectivity index (χ3v) is 2.40. The van der Waals surface area contributed by atoms with Crippen molar-refractivity contribution >= 4 is 0 Å². The number of halogens is 1. The van der Waals surface area contributed by atoms with E-state index in [4.69, 9.17) is 5.73 Å². The van der Waals surface area contributed by atoms with Crippen LogP contribution in [0.5, 0.6) is 0 Å². The largest absolute Gasteiger partial charge is 0.327 e. The fourth-order valence-electron chi connectivity index (χ4n) is 1.67. The van der Waals surface area contributed by atoms with Gasteiger partial charge in [0, 0.05) is 12.6 Å². The summed E-state index contributed by atoms with van der Waals surface area (Å²) in [6.07, 6.45) is 3.59. The zero-order valence-corrected chi connectivity index (χ0v) is 6.85. The predicted octanol–water partition coefficient (Wildman–Crippen LogP) is 0.673. The van der Waals surface area contributed by atoms with Crippen molar-refractivity contribution in [3.8, 4) is 0 Å². The minimum Gasteiger partial charge on any atom is -0.327 e. The first-order chi connectivity index (χ1) is 5.34. The topological polar surface area (TPSA) is 38.0 Å². The maximum absolute atomic E-state index is 11.7. The number of nitrogens with one attached hydrogen (secondary N) is 1. The van der Waals surface area contributed by atoms with Gasteiger partial charge in [0.1, 0.15) is 6.67 Å². The van der Waals surface area contributed by atoms with Gasteiger partial charge in [0.05, 0.1) is 0 Å². The van der Waals surface area contributed by atoms with Crippen LogP contribution in [0.3, 0.4) is 0 Å². The zero-order valence-electron chi connectivity index (χ0n) is 6.85. The molecule has 1 saturated carbocycles. The Kier molecular flexibility index (Phi) is 3.80. The number of nitrogens with two attached hydrogens (primary N) is 1. The third kappa shape index (κ3) is 2.75. The van der Waals surface area contributed by atoms with Crippen LogP contribution in [0.15, 0.2) is 0 Å². The lowest BCUT2D eigenvalue weighted by Crippen LogP contribution is -2.33. The highest BCUT2D eigenvalue weighted by Crippen LogP contribution is 2.22. The Balaban J connectivity index is 2.05. The molecule has 66 valence electrons. The molecule has 0 heterocycles. The van der Waals surface area contributed by atoms with Gasteiger partial charge in [0.15, 0.2) is 0 Å². The Morgan fingerprint density at radius 3 is 2.82 bits per heavy atom. The molecule has 0 radical (unpaired) electrons. The summed E-state index contributed by atoms with van der Waals surface area (Å²) in [4.78, 5) is 0. The fraction of sp³-hybridized carbons (Fsp3) is 1.00. The predicted molar refractivity (Wildman–Crippen MR) is 44.2 cm³/mol. The van der Waals surface area contributed by atoms with Gasteiger partial charge in [-0.1, -0.05) is 6.42 Å². The van der Waals surface area contributed by atoms with E-state index in [2.05, 4.69) is 5.32 Å². The molecule has 0 aromatic heterocycles. The number of hydrogen-bond acceptors (Lipinski definition) is 2. The SMILES string of the molecule is NC1CCCC1CNCCF. The van der Waals surface area contributed by atoms with Crippen molar-refractivity contribution in [3.63, 3.8) is 0 Å². The van der Waals surface area contributed by atoms with Gasteiger partial charge in [0.2, 0.25) is 0 Å². The van der Waals surface area contributed by atoms with Crippen molar-refractivity contribution in [3.05, 3.63) is 0 Å². The Morgan fingerprint density at radius 1 is 1.45 bits per heavy atom. The second kappa shape index (κ2) is 4.67. The Bertz CT molecular complexity index is 108. The summed E-state index contributed by atoms with van der Waals surface area (Å²) in [6, 6.07) is 0.349. The summed E-state index contributed by atoms with van der Waals surface area (Å²) >= 11 is 0. The molecule has 0 aromatic carbocycles. The Hall–Kier alpha value is -0.150. The van der Waals surface area contributed by atoms with Gasteiger partial charge in [-0.2, -0.15) is 0 Å². The van der Waals surface area contributed by atoms with Crippen LogP contribution in [-0.4, -0.2) is 25.8 Å². The van der Waals surface area contributed by atoms with E-state index in [1.165, 1.54) is 12.8 Å². The maximum atomic E-state index is 11.7. The molecular formula is C8H17FN2. The van der Waals surface area contributed by atoms with E-state index in [0.717, 1.165) is 13.0 Å². The van der Waals surface area contributed by atoms with E-state index in [-0.39, 0.29) is 6.67 Å². The molecule has 0 saturated heterocycles. The number of rotatable bonds is 4. The molecule has 0 aromatic rings. The van der Waals surface area contributed by atoms with Crippen LogP contribution in [-0.2, 0) is 0 Å². The van der Waals surface area contributed by atoms with Gasteiger partial charge < -0.3 is 11.1 Å². The molecular weight excluding hydrogens is 143 g/mol. The average Bonchev–Trinajstić information content (AvgIpc) is 2.37. The van der Waals surface area contributed by atoms with E-state index in [0.29, 0.717) is 18.5 Å². The smallest absolute Gasteiger partial charge is 0.102 e. The summed E-state index contributed by atoms with van der Waals surface area (Å²) in [5.41, 5.74) is 5.83. The summed E-state index contributed by atoms with van der Waals surface area (Å²) in [5, 5.41) is 3.05. The van der Waals surface area contributed by atoms with Crippen LogP contribution in [0.1, 0.15) is 19.3 Å². The average molecular weight is 160 g/mol. The molecule has 3 N–H and O–H groups in total. The Labute approximate surface area is 67.3 Å². The molecule has 11 heavy (non-hydrogen) atoms. The van der Waals surface area contributed by atoms with Crippen molar-refractivity contribution < 1.29 is 4.39 Å². The van der Waals surface area contributed by atoms with Gasteiger partial charge in [0.25, 0.3) is 0 Å². The van der Waals surface area contributed by atoms with Crippen molar-refractivity contribution in [1.29, 1.82) is 0 Å². The molecule has 2 atom stereocenters. The highest BCUT2D eigenvalue weighted by Gasteiger charge is 2.22. The first-order valence-corrected chi connectivity index (χ1v) is 4.37. The first kappa shape index (κ1) is 8.94. The minimum atomic E-state index is -0.276. The molecule has 0 bridgehead atoms. The highest BCUT2D eigenvalue weighted by molar-refractivity contribution is 4.81. The molecule has 1 aliphatic rings.